The summed E-state index contributed by atoms with van der Waals surface area (Å²) < 4.78 is 5.64. The van der Waals surface area contributed by atoms with Gasteiger partial charge in [-0.25, -0.2) is 0 Å². The van der Waals surface area contributed by atoms with Crippen LogP contribution in [-0.2, 0) is 0 Å². The largest absolute Gasteiger partial charge is 0.325 e. The quantitative estimate of drug-likeness (QED) is 0.572. The first-order valence-electron chi connectivity index (χ1n) is 8.36. The van der Waals surface area contributed by atoms with E-state index in [1.807, 2.05) is 0 Å². The molecule has 0 rings (SSSR count). The second kappa shape index (κ2) is 10.1. The zero-order chi connectivity index (χ0) is 15.0. The molecule has 0 aliphatic rings. The molecule has 0 amide bonds. The van der Waals surface area contributed by atoms with E-state index in [2.05, 4.69) is 64.5 Å². The van der Waals surface area contributed by atoms with E-state index in [0.717, 1.165) is 24.2 Å². The van der Waals surface area contributed by atoms with Crippen LogP contribution in [0.2, 0.25) is 5.67 Å². The zero-order valence-electron chi connectivity index (χ0n) is 14.7. The van der Waals surface area contributed by atoms with Gasteiger partial charge in [0.15, 0.2) is 0 Å². The molecule has 0 saturated carbocycles. The molecule has 0 heterocycles. The smallest absolute Gasteiger partial charge is 0.0938 e. The van der Waals surface area contributed by atoms with Gasteiger partial charge in [0.25, 0.3) is 0 Å². The van der Waals surface area contributed by atoms with Crippen molar-refractivity contribution in [2.75, 3.05) is 0 Å². The molecule has 2 nitrogen and oxygen atoms in total. The Hall–Kier alpha value is 0.354. The first-order chi connectivity index (χ1) is 8.84. The molecule has 0 bridgehead atoms. The van der Waals surface area contributed by atoms with Gasteiger partial charge in [0, 0.05) is 0 Å². The molecule has 0 fully saturated rings. The molecular formula is C15H38N2Si2. The summed E-state index contributed by atoms with van der Waals surface area (Å²) in [6.07, 6.45) is 2.60. The summed E-state index contributed by atoms with van der Waals surface area (Å²) in [6.45, 7) is 18.9. The maximum atomic E-state index is 2.82. The Morgan fingerprint density at radius 1 is 0.684 bits per heavy atom. The van der Waals surface area contributed by atoms with Crippen LogP contribution in [0.5, 0.6) is 0 Å². The van der Waals surface area contributed by atoms with Crippen LogP contribution in [0.1, 0.15) is 68.2 Å². The van der Waals surface area contributed by atoms with Crippen LogP contribution in [0, 0.1) is 0 Å². The monoisotopic (exact) mass is 302 g/mol. The molecule has 2 unspecified atom stereocenters. The summed E-state index contributed by atoms with van der Waals surface area (Å²) in [5, 5.41) is 0. The lowest BCUT2D eigenvalue weighted by Crippen LogP contribution is -2.45. The normalized spacial score (nSPS) is 17.1. The van der Waals surface area contributed by atoms with Crippen molar-refractivity contribution < 1.29 is 0 Å². The fourth-order valence-corrected chi connectivity index (χ4v) is 8.80. The standard InChI is InChI=1S/C15H38N2Si2/c1-9-14(7)16(12(3)4)18-11-19-17(13(5)6)15(8)10-2/h12-15H,9-11,18-19H2,1-8H3. The molecule has 116 valence electrons. The van der Waals surface area contributed by atoms with Crippen molar-refractivity contribution >= 4 is 19.4 Å². The average Bonchev–Trinajstić information content (AvgIpc) is 2.36. The van der Waals surface area contributed by atoms with Crippen LogP contribution >= 0.6 is 0 Å². The second-order valence-corrected chi connectivity index (χ2v) is 11.7. The number of rotatable bonds is 10. The van der Waals surface area contributed by atoms with Gasteiger partial charge in [0.2, 0.25) is 0 Å². The van der Waals surface area contributed by atoms with Crippen LogP contribution in [0.15, 0.2) is 0 Å². The highest BCUT2D eigenvalue weighted by atomic mass is 28.3. The fourth-order valence-electron chi connectivity index (χ4n) is 2.88. The summed E-state index contributed by atoms with van der Waals surface area (Å²) in [6, 6.07) is 3.06. The Morgan fingerprint density at radius 2 is 1.00 bits per heavy atom. The molecule has 0 aliphatic heterocycles. The number of nitrogens with zero attached hydrogens (tertiary/aromatic N) is 2. The van der Waals surface area contributed by atoms with E-state index in [1.54, 1.807) is 5.67 Å². The minimum absolute atomic E-state index is 0.0416. The third kappa shape index (κ3) is 7.07. The Morgan fingerprint density at radius 3 is 1.21 bits per heavy atom. The van der Waals surface area contributed by atoms with Gasteiger partial charge in [-0.15, -0.1) is 0 Å². The second-order valence-electron chi connectivity index (χ2n) is 6.53. The molecule has 0 N–H and O–H groups in total. The minimum Gasteiger partial charge on any atom is -0.325 e. The third-order valence-corrected chi connectivity index (χ3v) is 10.7. The molecular weight excluding hydrogens is 264 g/mol. The summed E-state index contributed by atoms with van der Waals surface area (Å²) in [7, 11) is -0.0833. The van der Waals surface area contributed by atoms with Crippen molar-refractivity contribution in [1.82, 2.24) is 9.13 Å². The zero-order valence-corrected chi connectivity index (χ0v) is 17.6. The molecule has 0 radical (unpaired) electrons. The lowest BCUT2D eigenvalue weighted by molar-refractivity contribution is 0.283. The predicted octanol–water partition coefficient (Wildman–Crippen LogP) is 2.55. The van der Waals surface area contributed by atoms with Gasteiger partial charge in [-0.1, -0.05) is 55.4 Å². The Kier molecular flexibility index (Phi) is 10.3. The van der Waals surface area contributed by atoms with E-state index in [-0.39, 0.29) is 19.4 Å². The van der Waals surface area contributed by atoms with E-state index in [9.17, 15) is 0 Å². The summed E-state index contributed by atoms with van der Waals surface area (Å²) in [4.78, 5) is 0. The molecule has 0 aromatic heterocycles. The van der Waals surface area contributed by atoms with Crippen molar-refractivity contribution in [3.8, 4) is 0 Å². The van der Waals surface area contributed by atoms with Crippen molar-refractivity contribution in [3.63, 3.8) is 0 Å². The molecule has 0 saturated heterocycles. The van der Waals surface area contributed by atoms with Crippen LogP contribution in [0.25, 0.3) is 0 Å². The van der Waals surface area contributed by atoms with Gasteiger partial charge in [0.1, 0.15) is 0 Å². The third-order valence-electron chi connectivity index (χ3n) is 4.47. The first-order valence-corrected chi connectivity index (χ1v) is 11.6. The molecule has 19 heavy (non-hydrogen) atoms. The minimum atomic E-state index is -0.0416. The van der Waals surface area contributed by atoms with Gasteiger partial charge in [-0.05, 0) is 42.7 Å². The first kappa shape index (κ1) is 19.4. The van der Waals surface area contributed by atoms with Crippen LogP contribution in [0.4, 0.5) is 0 Å². The Balaban J connectivity index is 4.29. The van der Waals surface area contributed by atoms with Crippen molar-refractivity contribution in [2.45, 2.75) is 98.1 Å². The highest BCUT2D eigenvalue weighted by molar-refractivity contribution is 6.52. The van der Waals surface area contributed by atoms with E-state index in [4.69, 9.17) is 0 Å². The average molecular weight is 303 g/mol. The summed E-state index contributed by atoms with van der Waals surface area (Å²) in [5.74, 6) is 0. The van der Waals surface area contributed by atoms with E-state index < -0.39 is 0 Å². The van der Waals surface area contributed by atoms with Crippen LogP contribution < -0.4 is 0 Å². The van der Waals surface area contributed by atoms with Gasteiger partial charge in [-0.2, -0.15) is 0 Å². The number of hydrogen-bond donors (Lipinski definition) is 0. The predicted molar refractivity (Wildman–Crippen MR) is 95.4 cm³/mol. The van der Waals surface area contributed by atoms with Crippen molar-refractivity contribution in [3.05, 3.63) is 0 Å². The van der Waals surface area contributed by atoms with Crippen LogP contribution in [-0.4, -0.2) is 52.7 Å². The van der Waals surface area contributed by atoms with Gasteiger partial charge >= 0.3 is 0 Å². The molecule has 4 heteroatoms. The number of hydrogen-bond acceptors (Lipinski definition) is 2. The van der Waals surface area contributed by atoms with Gasteiger partial charge < -0.3 is 9.13 Å². The molecule has 2 atom stereocenters. The fraction of sp³-hybridized carbons (Fsp3) is 1.00. The molecule has 0 aromatic carbocycles. The summed E-state index contributed by atoms with van der Waals surface area (Å²) >= 11 is 0. The molecule has 0 aromatic rings. The van der Waals surface area contributed by atoms with Crippen molar-refractivity contribution in [1.29, 1.82) is 0 Å². The van der Waals surface area contributed by atoms with Crippen LogP contribution in [0.3, 0.4) is 0 Å². The molecule has 0 spiro atoms. The summed E-state index contributed by atoms with van der Waals surface area (Å²) in [5.41, 5.74) is 1.56. The van der Waals surface area contributed by atoms with Gasteiger partial charge in [-0.3, -0.25) is 0 Å². The topological polar surface area (TPSA) is 6.48 Å². The van der Waals surface area contributed by atoms with Gasteiger partial charge in [0.05, 0.1) is 19.4 Å². The van der Waals surface area contributed by atoms with E-state index >= 15 is 0 Å². The maximum Gasteiger partial charge on any atom is 0.0938 e. The lowest BCUT2D eigenvalue weighted by Gasteiger charge is -2.35. The van der Waals surface area contributed by atoms with Crippen molar-refractivity contribution in [2.24, 2.45) is 0 Å². The highest BCUT2D eigenvalue weighted by Crippen LogP contribution is 2.11. The lowest BCUT2D eigenvalue weighted by atomic mass is 10.2. The Bertz CT molecular complexity index is 200. The van der Waals surface area contributed by atoms with E-state index in [0.29, 0.717) is 0 Å². The Labute approximate surface area is 127 Å². The highest BCUT2D eigenvalue weighted by Gasteiger charge is 2.19. The molecule has 0 aliphatic carbocycles. The van der Waals surface area contributed by atoms with E-state index in [1.165, 1.54) is 12.8 Å². The maximum absolute atomic E-state index is 2.82. The SMILES string of the molecule is CCC(C)N([SiH2]C[SiH2]N(C(C)C)C(C)CC)C(C)C.